The minimum Gasteiger partial charge on any atom is -0.464 e. The lowest BCUT2D eigenvalue weighted by atomic mass is 10.1. The van der Waals surface area contributed by atoms with Crippen molar-refractivity contribution in [3.05, 3.63) is 23.8 Å². The Kier molecular flexibility index (Phi) is 8.07. The summed E-state index contributed by atoms with van der Waals surface area (Å²) in [7, 11) is 0. The number of esters is 2. The Morgan fingerprint density at radius 3 is 1.96 bits per heavy atom. The molecule has 0 heterocycles. The van der Waals surface area contributed by atoms with E-state index in [4.69, 9.17) is 15.2 Å². The maximum atomic E-state index is 11.7. The summed E-state index contributed by atoms with van der Waals surface area (Å²) in [5.74, 6) is -1.86. The maximum Gasteiger partial charge on any atom is 0.302 e. The summed E-state index contributed by atoms with van der Waals surface area (Å²) >= 11 is 0. The molecule has 0 spiro atoms. The Hall–Kier alpha value is -3.10. The number of nitrogens with one attached hydrogen (secondary N) is 1. The van der Waals surface area contributed by atoms with E-state index in [2.05, 4.69) is 5.32 Å². The van der Waals surface area contributed by atoms with Gasteiger partial charge in [-0.3, -0.25) is 19.2 Å². The number of nitrogens with two attached hydrogens (primary N) is 1. The van der Waals surface area contributed by atoms with Gasteiger partial charge in [-0.2, -0.15) is 0 Å². The lowest BCUT2D eigenvalue weighted by Gasteiger charge is -2.25. The van der Waals surface area contributed by atoms with Crippen molar-refractivity contribution >= 4 is 35.1 Å². The molecule has 26 heavy (non-hydrogen) atoms. The van der Waals surface area contributed by atoms with Gasteiger partial charge in [0.1, 0.15) is 13.2 Å². The van der Waals surface area contributed by atoms with Crippen molar-refractivity contribution in [2.24, 2.45) is 5.73 Å². The number of rotatable bonds is 9. The fourth-order valence-corrected chi connectivity index (χ4v) is 2.20. The highest BCUT2D eigenvalue weighted by molar-refractivity contribution is 6.03. The minimum absolute atomic E-state index is 0.120. The van der Waals surface area contributed by atoms with Crippen LogP contribution in [0.5, 0.6) is 0 Å². The fourth-order valence-electron chi connectivity index (χ4n) is 2.20. The van der Waals surface area contributed by atoms with Crippen LogP contribution < -0.4 is 16.0 Å². The van der Waals surface area contributed by atoms with Gasteiger partial charge in [-0.25, -0.2) is 0 Å². The topological polar surface area (TPSA) is 128 Å². The van der Waals surface area contributed by atoms with Gasteiger partial charge in [-0.1, -0.05) is 0 Å². The molecule has 0 atom stereocenters. The van der Waals surface area contributed by atoms with Gasteiger partial charge in [0.2, 0.25) is 5.91 Å². The molecule has 1 aromatic rings. The molecule has 142 valence electrons. The van der Waals surface area contributed by atoms with Gasteiger partial charge in [0.05, 0.1) is 24.3 Å². The summed E-state index contributed by atoms with van der Waals surface area (Å²) < 4.78 is 9.88. The van der Waals surface area contributed by atoms with E-state index in [1.807, 2.05) is 0 Å². The molecule has 0 aliphatic heterocycles. The van der Waals surface area contributed by atoms with Crippen molar-refractivity contribution < 1.29 is 28.7 Å². The third kappa shape index (κ3) is 7.20. The number of benzene rings is 1. The number of hydrogen-bond donors (Lipinski definition) is 2. The highest BCUT2D eigenvalue weighted by Gasteiger charge is 2.15. The molecule has 0 aliphatic carbocycles. The van der Waals surface area contributed by atoms with E-state index in [1.54, 1.807) is 17.0 Å². The Balaban J connectivity index is 3.03. The van der Waals surface area contributed by atoms with Crippen LogP contribution in [-0.4, -0.2) is 50.1 Å². The van der Waals surface area contributed by atoms with Gasteiger partial charge in [-0.15, -0.1) is 0 Å². The first-order valence-electron chi connectivity index (χ1n) is 7.93. The molecule has 3 N–H and O–H groups in total. The molecule has 0 saturated carbocycles. The average Bonchev–Trinajstić information content (AvgIpc) is 2.52. The number of primary amides is 1. The van der Waals surface area contributed by atoms with E-state index in [9.17, 15) is 19.2 Å². The summed E-state index contributed by atoms with van der Waals surface area (Å²) in [6.45, 7) is 4.80. The smallest absolute Gasteiger partial charge is 0.302 e. The van der Waals surface area contributed by atoms with E-state index in [0.29, 0.717) is 24.5 Å². The fraction of sp³-hybridized carbons (Fsp3) is 0.412. The molecule has 0 aliphatic rings. The zero-order valence-electron chi connectivity index (χ0n) is 15.0. The zero-order valence-corrected chi connectivity index (χ0v) is 15.0. The van der Waals surface area contributed by atoms with E-state index in [1.165, 1.54) is 26.8 Å². The van der Waals surface area contributed by atoms with Crippen molar-refractivity contribution in [3.63, 3.8) is 0 Å². The molecule has 2 amide bonds. The van der Waals surface area contributed by atoms with Crippen molar-refractivity contribution in [1.29, 1.82) is 0 Å². The molecule has 9 heteroatoms. The zero-order chi connectivity index (χ0) is 19.7. The molecule has 0 fully saturated rings. The van der Waals surface area contributed by atoms with Crippen molar-refractivity contribution in [2.45, 2.75) is 20.8 Å². The van der Waals surface area contributed by atoms with Gasteiger partial charge < -0.3 is 25.4 Å². The summed E-state index contributed by atoms with van der Waals surface area (Å²) in [4.78, 5) is 46.6. The van der Waals surface area contributed by atoms with Crippen LogP contribution in [0.3, 0.4) is 0 Å². The minimum atomic E-state index is -0.699. The average molecular weight is 365 g/mol. The van der Waals surface area contributed by atoms with Crippen LogP contribution in [0.25, 0.3) is 0 Å². The molecular formula is C17H23N3O6. The first-order chi connectivity index (χ1) is 12.2. The second-order valence-corrected chi connectivity index (χ2v) is 5.44. The number of amides is 2. The van der Waals surface area contributed by atoms with Gasteiger partial charge in [0.25, 0.3) is 5.91 Å². The van der Waals surface area contributed by atoms with Crippen LogP contribution in [0.4, 0.5) is 11.4 Å². The van der Waals surface area contributed by atoms with Gasteiger partial charge in [-0.05, 0) is 18.2 Å². The first-order valence-corrected chi connectivity index (χ1v) is 7.93. The second-order valence-electron chi connectivity index (χ2n) is 5.44. The largest absolute Gasteiger partial charge is 0.464 e. The van der Waals surface area contributed by atoms with E-state index < -0.39 is 17.8 Å². The third-order valence-electron chi connectivity index (χ3n) is 3.28. The van der Waals surface area contributed by atoms with Gasteiger partial charge in [0.15, 0.2) is 0 Å². The van der Waals surface area contributed by atoms with Crippen LogP contribution in [0.2, 0.25) is 0 Å². The normalized spacial score (nSPS) is 9.96. The van der Waals surface area contributed by atoms with Crippen molar-refractivity contribution in [3.8, 4) is 0 Å². The quantitative estimate of drug-likeness (QED) is 0.616. The van der Waals surface area contributed by atoms with Gasteiger partial charge in [0, 0.05) is 26.5 Å². The Labute approximate surface area is 151 Å². The standard InChI is InChI=1S/C17H23N3O6/c1-11(21)19-16-5-4-14(10-15(16)17(18)24)20(6-8-25-12(2)22)7-9-26-13(3)23/h4-5,10H,6-9H2,1-3H3,(H2,18,24)(H,19,21). The highest BCUT2D eigenvalue weighted by Crippen LogP contribution is 2.23. The molecule has 0 bridgehead atoms. The molecular weight excluding hydrogens is 342 g/mol. The molecule has 9 nitrogen and oxygen atoms in total. The lowest BCUT2D eigenvalue weighted by Crippen LogP contribution is -2.32. The molecule has 0 saturated heterocycles. The SMILES string of the molecule is CC(=O)Nc1ccc(N(CCOC(C)=O)CCOC(C)=O)cc1C(N)=O. The molecule has 0 aromatic heterocycles. The Bertz CT molecular complexity index is 669. The van der Waals surface area contributed by atoms with Crippen LogP contribution in [-0.2, 0) is 23.9 Å². The lowest BCUT2D eigenvalue weighted by molar-refractivity contribution is -0.141. The number of carbonyl (C=O) groups is 4. The molecule has 0 radical (unpaired) electrons. The number of anilines is 2. The number of nitrogens with zero attached hydrogens (tertiary/aromatic N) is 1. The van der Waals surface area contributed by atoms with E-state index >= 15 is 0 Å². The van der Waals surface area contributed by atoms with Crippen LogP contribution in [0.1, 0.15) is 31.1 Å². The molecule has 1 rings (SSSR count). The maximum absolute atomic E-state index is 11.7. The number of hydrogen-bond acceptors (Lipinski definition) is 7. The van der Waals surface area contributed by atoms with Crippen molar-refractivity contribution in [2.75, 3.05) is 36.5 Å². The van der Waals surface area contributed by atoms with Crippen molar-refractivity contribution in [1.82, 2.24) is 0 Å². The predicted molar refractivity (Wildman–Crippen MR) is 94.7 cm³/mol. The van der Waals surface area contributed by atoms with Crippen LogP contribution >= 0.6 is 0 Å². The third-order valence-corrected chi connectivity index (χ3v) is 3.28. The Morgan fingerprint density at radius 1 is 1.00 bits per heavy atom. The predicted octanol–water partition coefficient (Wildman–Crippen LogP) is 0.677. The van der Waals surface area contributed by atoms with Crippen LogP contribution in [0, 0.1) is 0 Å². The van der Waals surface area contributed by atoms with Crippen LogP contribution in [0.15, 0.2) is 18.2 Å². The van der Waals surface area contributed by atoms with Gasteiger partial charge >= 0.3 is 11.9 Å². The molecule has 1 aromatic carbocycles. The number of ether oxygens (including phenoxy) is 2. The van der Waals surface area contributed by atoms with E-state index in [0.717, 1.165) is 0 Å². The van der Waals surface area contributed by atoms with E-state index in [-0.39, 0.29) is 24.7 Å². The Morgan fingerprint density at radius 2 is 1.54 bits per heavy atom. The highest BCUT2D eigenvalue weighted by atomic mass is 16.5. The number of carbonyl (C=O) groups excluding carboxylic acids is 4. The summed E-state index contributed by atoms with van der Waals surface area (Å²) in [5.41, 5.74) is 6.44. The summed E-state index contributed by atoms with van der Waals surface area (Å²) in [6, 6.07) is 4.76. The first kappa shape index (κ1) is 20.9. The summed E-state index contributed by atoms with van der Waals surface area (Å²) in [5, 5.41) is 2.54. The molecule has 0 unspecified atom stereocenters. The summed E-state index contributed by atoms with van der Waals surface area (Å²) in [6.07, 6.45) is 0. The second kappa shape index (κ2) is 10.0. The monoisotopic (exact) mass is 365 g/mol.